The van der Waals surface area contributed by atoms with Gasteiger partial charge in [-0.15, -0.1) is 10.2 Å². The van der Waals surface area contributed by atoms with Gasteiger partial charge < -0.3 is 4.74 Å². The number of nitrogens with zero attached hydrogens (tertiary/aromatic N) is 4. The van der Waals surface area contributed by atoms with E-state index in [9.17, 15) is 0 Å². The monoisotopic (exact) mass is 446 g/mol. The third-order valence-electron chi connectivity index (χ3n) is 5.35. The molecular weight excluding hydrogens is 420 g/mol. The molecule has 0 spiro atoms. The van der Waals surface area contributed by atoms with Crippen LogP contribution in [0.1, 0.15) is 20.8 Å². The normalized spacial score (nSPS) is 11.4. The molecule has 2 heterocycles. The third kappa shape index (κ3) is 4.59. The molecule has 0 amide bonds. The summed E-state index contributed by atoms with van der Waals surface area (Å²) in [5, 5.41) is 9.16. The van der Waals surface area contributed by atoms with Crippen molar-refractivity contribution in [1.82, 2.24) is 19.7 Å². The highest BCUT2D eigenvalue weighted by Crippen LogP contribution is 2.31. The Morgan fingerprint density at radius 1 is 0.618 bits per heavy atom. The van der Waals surface area contributed by atoms with Crippen molar-refractivity contribution >= 4 is 0 Å². The number of aromatic nitrogens is 4. The van der Waals surface area contributed by atoms with Gasteiger partial charge in [0.1, 0.15) is 11.4 Å². The van der Waals surface area contributed by atoms with Gasteiger partial charge in [0.25, 0.3) is 0 Å². The Bertz CT molecular complexity index is 1370. The molecule has 0 radical (unpaired) electrons. The second kappa shape index (κ2) is 8.94. The van der Waals surface area contributed by atoms with Crippen LogP contribution < -0.4 is 4.74 Å². The van der Waals surface area contributed by atoms with E-state index in [2.05, 4.69) is 62.2 Å². The zero-order valence-electron chi connectivity index (χ0n) is 19.5. The Hall–Kier alpha value is -4.25. The highest BCUT2D eigenvalue weighted by molar-refractivity contribution is 5.69. The van der Waals surface area contributed by atoms with Gasteiger partial charge >= 0.3 is 0 Å². The minimum atomic E-state index is -0.252. The summed E-state index contributed by atoms with van der Waals surface area (Å²) < 4.78 is 8.09. The second-order valence-corrected chi connectivity index (χ2v) is 9.08. The van der Waals surface area contributed by atoms with E-state index < -0.39 is 0 Å². The van der Waals surface area contributed by atoms with Crippen LogP contribution >= 0.6 is 0 Å². The largest absolute Gasteiger partial charge is 0.488 e. The van der Waals surface area contributed by atoms with Crippen LogP contribution in [0.2, 0.25) is 0 Å². The minimum absolute atomic E-state index is 0.252. The molecule has 0 atom stereocenters. The van der Waals surface area contributed by atoms with Crippen molar-refractivity contribution in [3.05, 3.63) is 103 Å². The van der Waals surface area contributed by atoms with Crippen molar-refractivity contribution in [2.24, 2.45) is 0 Å². The molecule has 0 N–H and O–H groups in total. The van der Waals surface area contributed by atoms with Crippen molar-refractivity contribution < 1.29 is 4.74 Å². The molecule has 0 aliphatic carbocycles. The first-order valence-electron chi connectivity index (χ1n) is 11.3. The molecule has 5 heteroatoms. The topological polar surface area (TPSA) is 52.8 Å². The Balaban J connectivity index is 1.58. The fraction of sp³-hybridized carbons (Fsp3) is 0.138. The van der Waals surface area contributed by atoms with E-state index in [4.69, 9.17) is 4.74 Å². The lowest BCUT2D eigenvalue weighted by Gasteiger charge is -2.21. The average molecular weight is 447 g/mol. The first kappa shape index (κ1) is 21.6. The number of hydrogen-bond acceptors (Lipinski definition) is 4. The van der Waals surface area contributed by atoms with Crippen LogP contribution in [0.15, 0.2) is 103 Å². The highest BCUT2D eigenvalue weighted by atomic mass is 16.5. The first-order chi connectivity index (χ1) is 16.5. The van der Waals surface area contributed by atoms with E-state index in [1.54, 1.807) is 6.20 Å². The van der Waals surface area contributed by atoms with Gasteiger partial charge in [0.2, 0.25) is 0 Å². The fourth-order valence-corrected chi connectivity index (χ4v) is 3.85. The zero-order valence-corrected chi connectivity index (χ0v) is 19.5. The molecule has 0 saturated carbocycles. The minimum Gasteiger partial charge on any atom is -0.488 e. The molecule has 5 aromatic rings. The van der Waals surface area contributed by atoms with E-state index in [-0.39, 0.29) is 5.60 Å². The number of hydrogen-bond donors (Lipinski definition) is 0. The standard InChI is InChI=1S/C29H26N4O/c1-29(2,3)34-26-17-13-23(14-18-26)28-32-31-27(22-8-5-4-6-9-22)33(28)25-15-11-21(12-16-25)24-10-7-19-30-20-24/h4-20H,1-3H3. The maximum atomic E-state index is 5.99. The summed E-state index contributed by atoms with van der Waals surface area (Å²) in [5.41, 5.74) is 4.89. The quantitative estimate of drug-likeness (QED) is 0.297. The van der Waals surface area contributed by atoms with Crippen LogP contribution in [0.4, 0.5) is 0 Å². The predicted molar refractivity (Wildman–Crippen MR) is 136 cm³/mol. The Labute approximate surface area is 199 Å². The number of pyridine rings is 1. The highest BCUT2D eigenvalue weighted by Gasteiger charge is 2.18. The van der Waals surface area contributed by atoms with Gasteiger partial charge in [-0.1, -0.05) is 48.5 Å². The molecule has 0 fully saturated rings. The van der Waals surface area contributed by atoms with Crippen molar-refractivity contribution in [1.29, 1.82) is 0 Å². The van der Waals surface area contributed by atoms with Crippen LogP contribution in [0.25, 0.3) is 39.6 Å². The van der Waals surface area contributed by atoms with Crippen LogP contribution in [-0.2, 0) is 0 Å². The zero-order chi connectivity index (χ0) is 23.5. The summed E-state index contributed by atoms with van der Waals surface area (Å²) in [6.07, 6.45) is 3.65. The van der Waals surface area contributed by atoms with Gasteiger partial charge in [0, 0.05) is 29.2 Å². The molecule has 5 nitrogen and oxygen atoms in total. The molecule has 0 aliphatic rings. The van der Waals surface area contributed by atoms with Gasteiger partial charge in [0.05, 0.1) is 0 Å². The van der Waals surface area contributed by atoms with Crippen LogP contribution in [0, 0.1) is 0 Å². The molecule has 0 aliphatic heterocycles. The lowest BCUT2D eigenvalue weighted by molar-refractivity contribution is 0.131. The van der Waals surface area contributed by atoms with E-state index in [0.29, 0.717) is 0 Å². The van der Waals surface area contributed by atoms with Gasteiger partial charge in [-0.3, -0.25) is 9.55 Å². The molecule has 2 aromatic heterocycles. The van der Waals surface area contributed by atoms with Gasteiger partial charge in [0.15, 0.2) is 11.6 Å². The Kier molecular flexibility index (Phi) is 5.68. The maximum Gasteiger partial charge on any atom is 0.168 e. The molecule has 0 bridgehead atoms. The van der Waals surface area contributed by atoms with E-state index in [1.807, 2.05) is 75.5 Å². The van der Waals surface area contributed by atoms with Gasteiger partial charge in [-0.05, 0) is 74.4 Å². The summed E-state index contributed by atoms with van der Waals surface area (Å²) in [5.74, 6) is 2.39. The molecule has 5 rings (SSSR count). The smallest absolute Gasteiger partial charge is 0.168 e. The number of rotatable bonds is 5. The molecular formula is C29H26N4O. The van der Waals surface area contributed by atoms with Crippen LogP contribution in [0.5, 0.6) is 5.75 Å². The molecule has 0 saturated heterocycles. The van der Waals surface area contributed by atoms with Crippen molar-refractivity contribution in [3.63, 3.8) is 0 Å². The van der Waals surface area contributed by atoms with E-state index in [0.717, 1.165) is 45.3 Å². The number of ether oxygens (including phenoxy) is 1. The predicted octanol–water partition coefficient (Wildman–Crippen LogP) is 6.84. The molecule has 168 valence electrons. The summed E-state index contributed by atoms with van der Waals surface area (Å²) in [7, 11) is 0. The lowest BCUT2D eigenvalue weighted by Crippen LogP contribution is -2.22. The van der Waals surface area contributed by atoms with E-state index >= 15 is 0 Å². The van der Waals surface area contributed by atoms with Gasteiger partial charge in [-0.2, -0.15) is 0 Å². The molecule has 3 aromatic carbocycles. The average Bonchev–Trinajstić information content (AvgIpc) is 3.30. The maximum absolute atomic E-state index is 5.99. The van der Waals surface area contributed by atoms with Crippen molar-refractivity contribution in [2.75, 3.05) is 0 Å². The summed E-state index contributed by atoms with van der Waals surface area (Å²) >= 11 is 0. The van der Waals surface area contributed by atoms with Gasteiger partial charge in [-0.25, -0.2) is 0 Å². The second-order valence-electron chi connectivity index (χ2n) is 9.08. The lowest BCUT2D eigenvalue weighted by atomic mass is 10.1. The Morgan fingerprint density at radius 3 is 1.79 bits per heavy atom. The van der Waals surface area contributed by atoms with Crippen LogP contribution in [0.3, 0.4) is 0 Å². The third-order valence-corrected chi connectivity index (χ3v) is 5.35. The summed E-state index contributed by atoms with van der Waals surface area (Å²) in [6.45, 7) is 6.12. The fourth-order valence-electron chi connectivity index (χ4n) is 3.85. The number of benzene rings is 3. The van der Waals surface area contributed by atoms with E-state index in [1.165, 1.54) is 0 Å². The van der Waals surface area contributed by atoms with Crippen LogP contribution in [-0.4, -0.2) is 25.3 Å². The van der Waals surface area contributed by atoms with Crippen molar-refractivity contribution in [2.45, 2.75) is 26.4 Å². The molecule has 34 heavy (non-hydrogen) atoms. The van der Waals surface area contributed by atoms with Crippen molar-refractivity contribution in [3.8, 4) is 45.3 Å². The Morgan fingerprint density at radius 2 is 1.21 bits per heavy atom. The summed E-state index contributed by atoms with van der Waals surface area (Å²) in [6, 6.07) is 30.5. The first-order valence-corrected chi connectivity index (χ1v) is 11.3. The SMILES string of the molecule is CC(C)(C)Oc1ccc(-c2nnc(-c3ccccc3)n2-c2ccc(-c3cccnc3)cc2)cc1. The molecule has 0 unspecified atom stereocenters. The summed E-state index contributed by atoms with van der Waals surface area (Å²) in [4.78, 5) is 4.23.